The van der Waals surface area contributed by atoms with E-state index in [-0.39, 0.29) is 5.75 Å². The summed E-state index contributed by atoms with van der Waals surface area (Å²) in [6.07, 6.45) is 3.74. The van der Waals surface area contributed by atoms with Crippen molar-refractivity contribution in [2.24, 2.45) is 4.99 Å². The topological polar surface area (TPSA) is 59.1 Å². The van der Waals surface area contributed by atoms with E-state index in [0.29, 0.717) is 17.3 Å². The molecule has 0 amide bonds. The lowest BCUT2D eigenvalue weighted by Gasteiger charge is -2.06. The number of rotatable bonds is 4. The van der Waals surface area contributed by atoms with Crippen LogP contribution < -0.4 is 4.74 Å². The molecular formula is C21H16BrN3O2. The number of halogens is 1. The van der Waals surface area contributed by atoms with Gasteiger partial charge in [0.1, 0.15) is 11.3 Å². The van der Waals surface area contributed by atoms with E-state index in [1.807, 2.05) is 59.3 Å². The second-order valence-electron chi connectivity index (χ2n) is 5.91. The number of nitrogens with zero attached hydrogens (tertiary/aromatic N) is 3. The molecule has 2 heterocycles. The fourth-order valence-electron chi connectivity index (χ4n) is 2.85. The predicted octanol–water partition coefficient (Wildman–Crippen LogP) is 5.23. The van der Waals surface area contributed by atoms with Gasteiger partial charge in [-0.05, 0) is 48.0 Å². The molecule has 134 valence electrons. The van der Waals surface area contributed by atoms with Crippen molar-refractivity contribution in [2.75, 3.05) is 7.11 Å². The molecule has 0 unspecified atom stereocenters. The van der Waals surface area contributed by atoms with Crippen LogP contribution >= 0.6 is 15.9 Å². The summed E-state index contributed by atoms with van der Waals surface area (Å²) in [5, 5.41) is 9.88. The molecule has 0 spiro atoms. The summed E-state index contributed by atoms with van der Waals surface area (Å²) in [7, 11) is 1.52. The highest BCUT2D eigenvalue weighted by Gasteiger charge is 2.15. The Balaban J connectivity index is 1.87. The lowest BCUT2D eigenvalue weighted by Crippen LogP contribution is -1.87. The molecule has 2 aromatic heterocycles. The van der Waals surface area contributed by atoms with Crippen LogP contribution in [-0.2, 0) is 0 Å². The minimum Gasteiger partial charge on any atom is -0.504 e. The smallest absolute Gasteiger partial charge is 0.165 e. The Kier molecular flexibility index (Phi) is 4.64. The van der Waals surface area contributed by atoms with E-state index in [1.54, 1.807) is 18.2 Å². The zero-order valence-electron chi connectivity index (χ0n) is 14.5. The average Bonchev–Trinajstić information content (AvgIpc) is 3.05. The number of hydrogen-bond donors (Lipinski definition) is 1. The summed E-state index contributed by atoms with van der Waals surface area (Å²) in [6, 6.07) is 18.9. The lowest BCUT2D eigenvalue weighted by atomic mass is 10.1. The molecule has 4 aromatic rings. The third-order valence-electron chi connectivity index (χ3n) is 4.14. The van der Waals surface area contributed by atoms with E-state index in [9.17, 15) is 5.11 Å². The number of fused-ring (bicyclic) bond motifs is 1. The minimum absolute atomic E-state index is 0.0872. The van der Waals surface area contributed by atoms with Crippen molar-refractivity contribution in [3.05, 3.63) is 76.9 Å². The number of ether oxygens (including phenoxy) is 1. The molecular weight excluding hydrogens is 406 g/mol. The van der Waals surface area contributed by atoms with E-state index in [2.05, 4.69) is 15.9 Å². The van der Waals surface area contributed by atoms with Gasteiger partial charge in [0, 0.05) is 22.4 Å². The minimum atomic E-state index is 0.0872. The quantitative estimate of drug-likeness (QED) is 0.459. The Labute approximate surface area is 164 Å². The van der Waals surface area contributed by atoms with E-state index in [0.717, 1.165) is 21.2 Å². The van der Waals surface area contributed by atoms with Gasteiger partial charge in [0.2, 0.25) is 0 Å². The molecule has 4 rings (SSSR count). The number of aliphatic imine (C=N–C) groups is 1. The number of hydrogen-bond acceptors (Lipinski definition) is 4. The highest BCUT2D eigenvalue weighted by molar-refractivity contribution is 9.10. The summed E-state index contributed by atoms with van der Waals surface area (Å²) in [4.78, 5) is 9.43. The first kappa shape index (κ1) is 17.3. The Bertz CT molecular complexity index is 1150. The Morgan fingerprint density at radius 2 is 2.00 bits per heavy atom. The first-order valence-corrected chi connectivity index (χ1v) is 9.09. The molecule has 1 N–H and O–H groups in total. The van der Waals surface area contributed by atoms with Crippen LogP contribution in [0.25, 0.3) is 16.9 Å². The number of phenols is 1. The molecule has 0 saturated carbocycles. The van der Waals surface area contributed by atoms with Gasteiger partial charge in [-0.15, -0.1) is 0 Å². The van der Waals surface area contributed by atoms with Crippen molar-refractivity contribution in [1.29, 1.82) is 0 Å². The number of imidazole rings is 1. The van der Waals surface area contributed by atoms with Crippen LogP contribution in [0, 0.1) is 0 Å². The number of aromatic hydroxyl groups is 1. The van der Waals surface area contributed by atoms with Crippen molar-refractivity contribution in [2.45, 2.75) is 0 Å². The second-order valence-corrected chi connectivity index (χ2v) is 6.83. The molecule has 6 heteroatoms. The number of pyridine rings is 1. The van der Waals surface area contributed by atoms with Gasteiger partial charge in [0.25, 0.3) is 0 Å². The van der Waals surface area contributed by atoms with Gasteiger partial charge < -0.3 is 9.84 Å². The fraction of sp³-hybridized carbons (Fsp3) is 0.0476. The van der Waals surface area contributed by atoms with E-state index in [1.165, 1.54) is 7.11 Å². The maximum absolute atomic E-state index is 9.88. The van der Waals surface area contributed by atoms with Crippen molar-refractivity contribution in [1.82, 2.24) is 9.38 Å². The maximum Gasteiger partial charge on any atom is 0.165 e. The normalized spacial score (nSPS) is 11.3. The van der Waals surface area contributed by atoms with Crippen molar-refractivity contribution in [3.8, 4) is 22.8 Å². The number of benzene rings is 2. The highest BCUT2D eigenvalue weighted by Crippen LogP contribution is 2.36. The standard InChI is InChI=1S/C21H16BrN3O2/c1-27-18-12-15(8-9-17(18)26)20-21(25-10-3-2-7-19(25)24-20)23-13-14-5-4-6-16(22)11-14/h2-13,26H,1H3. The van der Waals surface area contributed by atoms with Crippen LogP contribution in [0.2, 0.25) is 0 Å². The number of methoxy groups -OCH3 is 1. The first-order chi connectivity index (χ1) is 13.2. The van der Waals surface area contributed by atoms with Gasteiger partial charge in [-0.2, -0.15) is 0 Å². The van der Waals surface area contributed by atoms with Crippen LogP contribution in [0.5, 0.6) is 11.5 Å². The predicted molar refractivity (Wildman–Crippen MR) is 110 cm³/mol. The van der Waals surface area contributed by atoms with Crippen LogP contribution in [-0.4, -0.2) is 27.8 Å². The van der Waals surface area contributed by atoms with Gasteiger partial charge in [0.05, 0.1) is 7.11 Å². The van der Waals surface area contributed by atoms with Crippen LogP contribution in [0.1, 0.15) is 5.56 Å². The third kappa shape index (κ3) is 3.44. The van der Waals surface area contributed by atoms with Crippen LogP contribution in [0.15, 0.2) is 76.3 Å². The Hall–Kier alpha value is -3.12. The summed E-state index contributed by atoms with van der Waals surface area (Å²) in [5.74, 6) is 1.19. The molecule has 0 aliphatic heterocycles. The third-order valence-corrected chi connectivity index (χ3v) is 4.64. The molecule has 0 saturated heterocycles. The molecule has 5 nitrogen and oxygen atoms in total. The second kappa shape index (κ2) is 7.25. The Morgan fingerprint density at radius 1 is 1.11 bits per heavy atom. The monoisotopic (exact) mass is 421 g/mol. The molecule has 0 aliphatic rings. The largest absolute Gasteiger partial charge is 0.504 e. The van der Waals surface area contributed by atoms with Crippen molar-refractivity contribution < 1.29 is 9.84 Å². The molecule has 0 bridgehead atoms. The molecule has 0 aliphatic carbocycles. The van der Waals surface area contributed by atoms with E-state index >= 15 is 0 Å². The van der Waals surface area contributed by atoms with Crippen molar-refractivity contribution in [3.63, 3.8) is 0 Å². The molecule has 2 aromatic carbocycles. The zero-order valence-corrected chi connectivity index (χ0v) is 16.1. The average molecular weight is 422 g/mol. The summed E-state index contributed by atoms with van der Waals surface area (Å²) >= 11 is 3.48. The fourth-order valence-corrected chi connectivity index (χ4v) is 3.26. The molecule has 0 atom stereocenters. The molecule has 27 heavy (non-hydrogen) atoms. The van der Waals surface area contributed by atoms with Gasteiger partial charge in [-0.25, -0.2) is 9.98 Å². The summed E-state index contributed by atoms with van der Waals surface area (Å²) in [5.41, 5.74) is 3.30. The van der Waals surface area contributed by atoms with E-state index < -0.39 is 0 Å². The van der Waals surface area contributed by atoms with Gasteiger partial charge in [0.15, 0.2) is 17.3 Å². The summed E-state index contributed by atoms with van der Waals surface area (Å²) < 4.78 is 8.16. The Morgan fingerprint density at radius 3 is 2.81 bits per heavy atom. The first-order valence-electron chi connectivity index (χ1n) is 8.30. The van der Waals surface area contributed by atoms with E-state index in [4.69, 9.17) is 14.7 Å². The lowest BCUT2D eigenvalue weighted by molar-refractivity contribution is 0.373. The summed E-state index contributed by atoms with van der Waals surface area (Å²) in [6.45, 7) is 0. The number of phenolic OH excluding ortho intramolecular Hbond substituents is 1. The van der Waals surface area contributed by atoms with Gasteiger partial charge in [-0.1, -0.05) is 34.1 Å². The SMILES string of the molecule is COc1cc(-c2nc3ccccn3c2N=Cc2cccc(Br)c2)ccc1O. The van der Waals surface area contributed by atoms with Gasteiger partial charge in [-0.3, -0.25) is 4.40 Å². The molecule has 0 fully saturated rings. The molecule has 0 radical (unpaired) electrons. The maximum atomic E-state index is 9.88. The zero-order chi connectivity index (χ0) is 18.8. The van der Waals surface area contributed by atoms with Crippen LogP contribution in [0.3, 0.4) is 0 Å². The van der Waals surface area contributed by atoms with Gasteiger partial charge >= 0.3 is 0 Å². The highest BCUT2D eigenvalue weighted by atomic mass is 79.9. The number of aromatic nitrogens is 2. The van der Waals surface area contributed by atoms with Crippen molar-refractivity contribution >= 4 is 33.6 Å². The van der Waals surface area contributed by atoms with Crippen LogP contribution in [0.4, 0.5) is 5.82 Å².